The van der Waals surface area contributed by atoms with Gasteiger partial charge < -0.3 is 5.73 Å². The summed E-state index contributed by atoms with van der Waals surface area (Å²) in [5.41, 5.74) is 7.08. The highest BCUT2D eigenvalue weighted by Gasteiger charge is 2.23. The van der Waals surface area contributed by atoms with Crippen LogP contribution in [0.1, 0.15) is 38.8 Å². The summed E-state index contributed by atoms with van der Waals surface area (Å²) >= 11 is 9.82. The minimum Gasteiger partial charge on any atom is -0.329 e. The Morgan fingerprint density at radius 3 is 2.56 bits per heavy atom. The summed E-state index contributed by atoms with van der Waals surface area (Å²) in [6.07, 6.45) is 1.11. The van der Waals surface area contributed by atoms with Crippen molar-refractivity contribution in [1.29, 1.82) is 0 Å². The third-order valence-corrected chi connectivity index (χ3v) is 4.30. The number of likely N-dealkylation sites (N-methyl/N-ethyl adjacent to an activating group) is 1. The molecular weight excluding hydrogens is 312 g/mol. The molecule has 2 nitrogen and oxygen atoms in total. The molecule has 0 amide bonds. The highest BCUT2D eigenvalue weighted by molar-refractivity contribution is 9.10. The second-order valence-electron chi connectivity index (χ2n) is 4.51. The molecule has 1 aromatic carbocycles. The Morgan fingerprint density at radius 2 is 2.06 bits per heavy atom. The highest BCUT2D eigenvalue weighted by atomic mass is 79.9. The van der Waals surface area contributed by atoms with E-state index < -0.39 is 0 Å². The van der Waals surface area contributed by atoms with Crippen LogP contribution in [0.2, 0.25) is 5.02 Å². The molecule has 0 aromatic heterocycles. The molecule has 0 aliphatic rings. The van der Waals surface area contributed by atoms with E-state index in [1.165, 1.54) is 0 Å². The predicted octanol–water partition coefficient (Wildman–Crippen LogP) is 4.22. The molecule has 0 saturated heterocycles. The fraction of sp³-hybridized carbons (Fsp3) is 0.571. The Labute approximate surface area is 124 Å². The molecular formula is C14H22BrClN2. The molecule has 1 rings (SSSR count). The van der Waals surface area contributed by atoms with Gasteiger partial charge in [-0.3, -0.25) is 4.90 Å². The van der Waals surface area contributed by atoms with E-state index in [-0.39, 0.29) is 6.04 Å². The van der Waals surface area contributed by atoms with Gasteiger partial charge in [0.15, 0.2) is 0 Å². The highest BCUT2D eigenvalue weighted by Crippen LogP contribution is 2.31. The van der Waals surface area contributed by atoms with E-state index in [1.54, 1.807) is 0 Å². The summed E-state index contributed by atoms with van der Waals surface area (Å²) in [6.45, 7) is 8.15. The zero-order valence-corrected chi connectivity index (χ0v) is 13.6. The average Bonchev–Trinajstić information content (AvgIpc) is 2.38. The maximum Gasteiger partial charge on any atom is 0.0488 e. The fourth-order valence-corrected chi connectivity index (χ4v) is 2.91. The van der Waals surface area contributed by atoms with Crippen LogP contribution in [0.25, 0.3) is 0 Å². The zero-order valence-electron chi connectivity index (χ0n) is 11.3. The first-order valence-corrected chi connectivity index (χ1v) is 7.62. The average molecular weight is 334 g/mol. The van der Waals surface area contributed by atoms with Gasteiger partial charge in [0, 0.05) is 28.1 Å². The maximum atomic E-state index is 6.32. The lowest BCUT2D eigenvalue weighted by Crippen LogP contribution is -2.39. The summed E-state index contributed by atoms with van der Waals surface area (Å²) in [7, 11) is 0. The molecule has 4 heteroatoms. The van der Waals surface area contributed by atoms with Crippen LogP contribution in [0, 0.1) is 0 Å². The van der Waals surface area contributed by atoms with Gasteiger partial charge in [-0.15, -0.1) is 0 Å². The summed E-state index contributed by atoms with van der Waals surface area (Å²) in [5.74, 6) is 0. The molecule has 2 atom stereocenters. The van der Waals surface area contributed by atoms with E-state index in [4.69, 9.17) is 17.3 Å². The minimum atomic E-state index is 0.176. The van der Waals surface area contributed by atoms with Gasteiger partial charge in [-0.2, -0.15) is 0 Å². The smallest absolute Gasteiger partial charge is 0.0488 e. The van der Waals surface area contributed by atoms with Gasteiger partial charge >= 0.3 is 0 Å². The molecule has 2 unspecified atom stereocenters. The van der Waals surface area contributed by atoms with Crippen molar-refractivity contribution < 1.29 is 0 Å². The summed E-state index contributed by atoms with van der Waals surface area (Å²) < 4.78 is 1.04. The number of nitrogens with two attached hydrogens (primary N) is 1. The fourth-order valence-electron chi connectivity index (χ4n) is 2.28. The zero-order chi connectivity index (χ0) is 13.7. The van der Waals surface area contributed by atoms with Crippen molar-refractivity contribution in [2.24, 2.45) is 5.73 Å². The monoisotopic (exact) mass is 332 g/mol. The van der Waals surface area contributed by atoms with Crippen LogP contribution in [0.3, 0.4) is 0 Å². The van der Waals surface area contributed by atoms with Gasteiger partial charge in [0.25, 0.3) is 0 Å². The third kappa shape index (κ3) is 3.70. The Hall–Kier alpha value is -0.0900. The molecule has 102 valence electrons. The van der Waals surface area contributed by atoms with E-state index in [0.29, 0.717) is 12.6 Å². The molecule has 0 aliphatic carbocycles. The van der Waals surface area contributed by atoms with Crippen molar-refractivity contribution in [2.45, 2.75) is 39.3 Å². The normalized spacial score (nSPS) is 14.8. The Kier molecular flexibility index (Phi) is 6.64. The second kappa shape index (κ2) is 7.49. The Bertz CT molecular complexity index is 384. The van der Waals surface area contributed by atoms with Gasteiger partial charge in [-0.05, 0) is 43.7 Å². The third-order valence-electron chi connectivity index (χ3n) is 3.46. The van der Waals surface area contributed by atoms with Crippen LogP contribution < -0.4 is 5.73 Å². The lowest BCUT2D eigenvalue weighted by Gasteiger charge is -2.35. The first-order valence-electron chi connectivity index (χ1n) is 6.45. The molecule has 0 spiro atoms. The van der Waals surface area contributed by atoms with Crippen LogP contribution in [-0.2, 0) is 0 Å². The van der Waals surface area contributed by atoms with Gasteiger partial charge in [0.1, 0.15) is 0 Å². The first kappa shape index (κ1) is 16.0. The summed E-state index contributed by atoms with van der Waals surface area (Å²) in [6, 6.07) is 6.63. The maximum absolute atomic E-state index is 6.32. The molecule has 0 bridgehead atoms. The minimum absolute atomic E-state index is 0.176. The summed E-state index contributed by atoms with van der Waals surface area (Å²) in [5, 5.41) is 0.787. The number of nitrogens with zero attached hydrogens (tertiary/aromatic N) is 1. The van der Waals surface area contributed by atoms with Crippen LogP contribution in [0.5, 0.6) is 0 Å². The molecule has 1 aromatic rings. The van der Waals surface area contributed by atoms with Gasteiger partial charge in [0.2, 0.25) is 0 Å². The van der Waals surface area contributed by atoms with E-state index in [9.17, 15) is 0 Å². The molecule has 18 heavy (non-hydrogen) atoms. The number of hydrogen-bond acceptors (Lipinski definition) is 2. The van der Waals surface area contributed by atoms with Crippen LogP contribution in [0.15, 0.2) is 22.7 Å². The molecule has 0 aliphatic heterocycles. The van der Waals surface area contributed by atoms with Crippen LogP contribution >= 0.6 is 27.5 Å². The lowest BCUT2D eigenvalue weighted by molar-refractivity contribution is 0.152. The van der Waals surface area contributed by atoms with E-state index in [0.717, 1.165) is 28.0 Å². The molecule has 2 N–H and O–H groups in total. The van der Waals surface area contributed by atoms with Crippen molar-refractivity contribution in [1.82, 2.24) is 4.90 Å². The van der Waals surface area contributed by atoms with Crippen molar-refractivity contribution in [3.05, 3.63) is 33.3 Å². The largest absolute Gasteiger partial charge is 0.329 e. The number of halogens is 2. The molecule has 0 saturated carbocycles. The second-order valence-corrected chi connectivity index (χ2v) is 5.83. The molecule has 0 heterocycles. The molecule has 0 fully saturated rings. The standard InChI is InChI=1S/C14H22BrClN2/c1-4-10(3)18(5-2)14(9-17)12-8-11(15)6-7-13(12)16/h6-8,10,14H,4-5,9,17H2,1-3H3. The first-order chi connectivity index (χ1) is 8.54. The Balaban J connectivity index is 3.10. The van der Waals surface area contributed by atoms with Crippen LogP contribution in [-0.4, -0.2) is 24.0 Å². The van der Waals surface area contributed by atoms with Crippen molar-refractivity contribution in [3.8, 4) is 0 Å². The SMILES string of the molecule is CCC(C)N(CC)C(CN)c1cc(Br)ccc1Cl. The van der Waals surface area contributed by atoms with E-state index in [1.807, 2.05) is 12.1 Å². The Morgan fingerprint density at radius 1 is 1.39 bits per heavy atom. The predicted molar refractivity (Wildman–Crippen MR) is 83.1 cm³/mol. The van der Waals surface area contributed by atoms with Crippen molar-refractivity contribution in [2.75, 3.05) is 13.1 Å². The number of hydrogen-bond donors (Lipinski definition) is 1. The lowest BCUT2D eigenvalue weighted by atomic mass is 10.0. The topological polar surface area (TPSA) is 29.3 Å². The van der Waals surface area contributed by atoms with E-state index in [2.05, 4.69) is 47.7 Å². The number of benzene rings is 1. The van der Waals surface area contributed by atoms with Gasteiger partial charge in [-0.1, -0.05) is 41.4 Å². The van der Waals surface area contributed by atoms with Gasteiger partial charge in [-0.25, -0.2) is 0 Å². The van der Waals surface area contributed by atoms with E-state index >= 15 is 0 Å². The summed E-state index contributed by atoms with van der Waals surface area (Å²) in [4.78, 5) is 2.41. The molecule has 0 radical (unpaired) electrons. The van der Waals surface area contributed by atoms with Crippen molar-refractivity contribution in [3.63, 3.8) is 0 Å². The van der Waals surface area contributed by atoms with Crippen LogP contribution in [0.4, 0.5) is 0 Å². The van der Waals surface area contributed by atoms with Gasteiger partial charge in [0.05, 0.1) is 0 Å². The number of rotatable bonds is 6. The quantitative estimate of drug-likeness (QED) is 0.844. The van der Waals surface area contributed by atoms with Crippen molar-refractivity contribution >= 4 is 27.5 Å².